The van der Waals surface area contributed by atoms with Crippen LogP contribution in [-0.2, 0) is 13.1 Å². The molecule has 0 aliphatic carbocycles. The van der Waals surface area contributed by atoms with E-state index in [2.05, 4.69) is 49.9 Å². The van der Waals surface area contributed by atoms with Gasteiger partial charge in [-0.3, -0.25) is 9.67 Å². The largest absolute Gasteiger partial charge is 0.356 e. The topological polar surface area (TPSA) is 57.5 Å². The molecule has 0 spiro atoms. The SMILES string of the molecule is CN=C(NCCCCCN1CCCCC1)NCc1ccccc1Cn1cccn1. The predicted octanol–water partition coefficient (Wildman–Crippen LogP) is 3.25. The quantitative estimate of drug-likeness (QED) is 0.368. The Labute approximate surface area is 175 Å². The Hall–Kier alpha value is -2.34. The van der Waals surface area contributed by atoms with Crippen LogP contribution in [0.1, 0.15) is 49.7 Å². The molecule has 1 saturated heterocycles. The summed E-state index contributed by atoms with van der Waals surface area (Å²) in [6.07, 6.45) is 11.8. The molecule has 1 fully saturated rings. The number of hydrogen-bond acceptors (Lipinski definition) is 3. The van der Waals surface area contributed by atoms with Crippen LogP contribution >= 0.6 is 0 Å². The molecule has 29 heavy (non-hydrogen) atoms. The Bertz CT molecular complexity index is 719. The van der Waals surface area contributed by atoms with Gasteiger partial charge in [-0.2, -0.15) is 5.10 Å². The van der Waals surface area contributed by atoms with E-state index in [-0.39, 0.29) is 0 Å². The van der Waals surface area contributed by atoms with Crippen molar-refractivity contribution < 1.29 is 0 Å². The average Bonchev–Trinajstić information content (AvgIpc) is 3.27. The van der Waals surface area contributed by atoms with E-state index in [9.17, 15) is 0 Å². The van der Waals surface area contributed by atoms with Crippen LogP contribution in [0.2, 0.25) is 0 Å². The van der Waals surface area contributed by atoms with Crippen molar-refractivity contribution in [3.05, 3.63) is 53.9 Å². The maximum absolute atomic E-state index is 4.37. The van der Waals surface area contributed by atoms with Crippen LogP contribution in [0.4, 0.5) is 0 Å². The van der Waals surface area contributed by atoms with Crippen molar-refractivity contribution in [3.8, 4) is 0 Å². The van der Waals surface area contributed by atoms with Gasteiger partial charge in [0.05, 0.1) is 6.54 Å². The molecule has 0 unspecified atom stereocenters. The van der Waals surface area contributed by atoms with Crippen molar-refractivity contribution >= 4 is 5.96 Å². The highest BCUT2D eigenvalue weighted by Gasteiger charge is 2.09. The fraction of sp³-hybridized carbons (Fsp3) is 0.565. The highest BCUT2D eigenvalue weighted by atomic mass is 15.3. The first kappa shape index (κ1) is 21.4. The van der Waals surface area contributed by atoms with Crippen LogP contribution < -0.4 is 10.6 Å². The molecule has 1 aliphatic heterocycles. The third-order valence-electron chi connectivity index (χ3n) is 5.57. The number of rotatable bonds is 10. The molecule has 2 N–H and O–H groups in total. The normalized spacial score (nSPS) is 15.4. The lowest BCUT2D eigenvalue weighted by Crippen LogP contribution is -2.37. The molecule has 0 saturated carbocycles. The molecular weight excluding hydrogens is 360 g/mol. The number of piperidine rings is 1. The Balaban J connectivity index is 1.34. The molecule has 2 heterocycles. The van der Waals surface area contributed by atoms with Gasteiger partial charge in [-0.05, 0) is 62.5 Å². The van der Waals surface area contributed by atoms with E-state index in [0.717, 1.165) is 25.6 Å². The number of guanidine groups is 1. The van der Waals surface area contributed by atoms with Gasteiger partial charge in [0.2, 0.25) is 0 Å². The van der Waals surface area contributed by atoms with Crippen molar-refractivity contribution in [1.29, 1.82) is 0 Å². The number of likely N-dealkylation sites (tertiary alicyclic amines) is 1. The number of hydrogen-bond donors (Lipinski definition) is 2. The van der Waals surface area contributed by atoms with Gasteiger partial charge in [0, 0.05) is 32.5 Å². The predicted molar refractivity (Wildman–Crippen MR) is 120 cm³/mol. The summed E-state index contributed by atoms with van der Waals surface area (Å²) >= 11 is 0. The van der Waals surface area contributed by atoms with Gasteiger partial charge in [-0.15, -0.1) is 0 Å². The summed E-state index contributed by atoms with van der Waals surface area (Å²) < 4.78 is 1.95. The van der Waals surface area contributed by atoms with Crippen LogP contribution in [0.3, 0.4) is 0 Å². The van der Waals surface area contributed by atoms with Crippen LogP contribution in [-0.4, -0.2) is 53.9 Å². The second-order valence-electron chi connectivity index (χ2n) is 7.79. The Kier molecular flexibility index (Phi) is 9.04. The average molecular weight is 397 g/mol. The lowest BCUT2D eigenvalue weighted by molar-refractivity contribution is 0.224. The van der Waals surface area contributed by atoms with Crippen LogP contribution in [0, 0.1) is 0 Å². The summed E-state index contributed by atoms with van der Waals surface area (Å²) in [5.74, 6) is 0.870. The highest BCUT2D eigenvalue weighted by Crippen LogP contribution is 2.11. The zero-order valence-corrected chi connectivity index (χ0v) is 17.8. The van der Waals surface area contributed by atoms with Crippen molar-refractivity contribution in [2.45, 2.75) is 51.6 Å². The molecule has 0 bridgehead atoms. The molecule has 3 rings (SSSR count). The summed E-state index contributed by atoms with van der Waals surface area (Å²) in [6, 6.07) is 10.5. The molecule has 6 heteroatoms. The maximum atomic E-state index is 4.37. The summed E-state index contributed by atoms with van der Waals surface area (Å²) in [5, 5.41) is 11.2. The Morgan fingerprint density at radius 2 is 1.83 bits per heavy atom. The van der Waals surface area contributed by atoms with E-state index in [1.807, 2.05) is 30.2 Å². The Morgan fingerprint density at radius 3 is 2.59 bits per heavy atom. The van der Waals surface area contributed by atoms with Gasteiger partial charge in [0.1, 0.15) is 0 Å². The molecule has 1 aromatic heterocycles. The van der Waals surface area contributed by atoms with Crippen molar-refractivity contribution in [2.24, 2.45) is 4.99 Å². The minimum atomic E-state index is 0.756. The minimum Gasteiger partial charge on any atom is -0.356 e. The second kappa shape index (κ2) is 12.3. The minimum absolute atomic E-state index is 0.756. The maximum Gasteiger partial charge on any atom is 0.191 e. The number of nitrogens with one attached hydrogen (secondary N) is 2. The highest BCUT2D eigenvalue weighted by molar-refractivity contribution is 5.79. The van der Waals surface area contributed by atoms with E-state index < -0.39 is 0 Å². The van der Waals surface area contributed by atoms with E-state index in [1.165, 1.54) is 69.3 Å². The number of aliphatic imine (C=N–C) groups is 1. The van der Waals surface area contributed by atoms with Gasteiger partial charge < -0.3 is 15.5 Å². The monoisotopic (exact) mass is 396 g/mol. The summed E-state index contributed by atoms with van der Waals surface area (Å²) in [7, 11) is 1.83. The van der Waals surface area contributed by atoms with Crippen LogP contribution in [0.25, 0.3) is 0 Å². The smallest absolute Gasteiger partial charge is 0.191 e. The number of unbranched alkanes of at least 4 members (excludes halogenated alkanes) is 2. The van der Waals surface area contributed by atoms with Gasteiger partial charge in [0.25, 0.3) is 0 Å². The van der Waals surface area contributed by atoms with Gasteiger partial charge in [0.15, 0.2) is 5.96 Å². The third-order valence-corrected chi connectivity index (χ3v) is 5.57. The molecule has 6 nitrogen and oxygen atoms in total. The number of benzene rings is 1. The first-order valence-corrected chi connectivity index (χ1v) is 11.1. The molecule has 1 aliphatic rings. The zero-order chi connectivity index (χ0) is 20.2. The molecule has 0 atom stereocenters. The van der Waals surface area contributed by atoms with Crippen LogP contribution in [0.5, 0.6) is 0 Å². The standard InChI is InChI=1S/C23H36N6/c1-24-23(25-13-6-2-7-15-28-16-8-3-9-17-28)26-19-21-11-4-5-12-22(21)20-29-18-10-14-27-29/h4-5,10-12,14,18H,2-3,6-9,13,15-17,19-20H2,1H3,(H2,24,25,26). The fourth-order valence-electron chi connectivity index (χ4n) is 3.88. The van der Waals surface area contributed by atoms with Crippen molar-refractivity contribution in [1.82, 2.24) is 25.3 Å². The third kappa shape index (κ3) is 7.54. The first-order valence-electron chi connectivity index (χ1n) is 11.1. The number of nitrogens with zero attached hydrogens (tertiary/aromatic N) is 4. The summed E-state index contributed by atoms with van der Waals surface area (Å²) in [5.41, 5.74) is 2.55. The van der Waals surface area contributed by atoms with Crippen LogP contribution in [0.15, 0.2) is 47.7 Å². The van der Waals surface area contributed by atoms with E-state index in [1.54, 1.807) is 0 Å². The lowest BCUT2D eigenvalue weighted by Gasteiger charge is -2.26. The van der Waals surface area contributed by atoms with Gasteiger partial charge in [-0.1, -0.05) is 37.1 Å². The molecule has 0 radical (unpaired) electrons. The lowest BCUT2D eigenvalue weighted by atomic mass is 10.1. The summed E-state index contributed by atoms with van der Waals surface area (Å²) in [4.78, 5) is 6.99. The summed E-state index contributed by atoms with van der Waals surface area (Å²) in [6.45, 7) is 6.38. The molecule has 1 aromatic carbocycles. The fourth-order valence-corrected chi connectivity index (χ4v) is 3.88. The van der Waals surface area contributed by atoms with Gasteiger partial charge in [-0.25, -0.2) is 0 Å². The Morgan fingerprint density at radius 1 is 1.00 bits per heavy atom. The molecule has 158 valence electrons. The van der Waals surface area contributed by atoms with E-state index in [0.29, 0.717) is 0 Å². The zero-order valence-electron chi connectivity index (χ0n) is 17.8. The number of aromatic nitrogens is 2. The first-order chi connectivity index (χ1) is 14.3. The molecule has 2 aromatic rings. The van der Waals surface area contributed by atoms with E-state index >= 15 is 0 Å². The van der Waals surface area contributed by atoms with E-state index in [4.69, 9.17) is 0 Å². The van der Waals surface area contributed by atoms with Crippen molar-refractivity contribution in [2.75, 3.05) is 33.2 Å². The molecular formula is C23H36N6. The van der Waals surface area contributed by atoms with Crippen molar-refractivity contribution in [3.63, 3.8) is 0 Å². The molecule has 0 amide bonds. The second-order valence-corrected chi connectivity index (χ2v) is 7.79. The van der Waals surface area contributed by atoms with Gasteiger partial charge >= 0.3 is 0 Å².